The van der Waals surface area contributed by atoms with Gasteiger partial charge in [0.1, 0.15) is 5.65 Å². The zero-order valence-corrected chi connectivity index (χ0v) is 19.6. The fourth-order valence-electron chi connectivity index (χ4n) is 4.62. The summed E-state index contributed by atoms with van der Waals surface area (Å²) in [7, 11) is 0. The molecular weight excluding hydrogens is 428 g/mol. The predicted octanol–water partition coefficient (Wildman–Crippen LogP) is 4.80. The van der Waals surface area contributed by atoms with E-state index in [0.29, 0.717) is 5.92 Å². The molecule has 33 heavy (non-hydrogen) atoms. The summed E-state index contributed by atoms with van der Waals surface area (Å²) < 4.78 is 2.14. The molecule has 3 aromatic rings. The number of hydrogen-bond acceptors (Lipinski definition) is 4. The van der Waals surface area contributed by atoms with Crippen molar-refractivity contribution >= 4 is 29.4 Å². The maximum Gasteiger partial charge on any atom is 0.244 e. The number of piperidine rings is 1. The lowest BCUT2D eigenvalue weighted by Gasteiger charge is -2.32. The Hall–Kier alpha value is -2.83. The Kier molecular flexibility index (Phi) is 6.93. The van der Waals surface area contributed by atoms with E-state index in [1.165, 1.54) is 12.0 Å². The second kappa shape index (κ2) is 10.4. The third kappa shape index (κ3) is 5.57. The number of pyridine rings is 1. The van der Waals surface area contributed by atoms with Gasteiger partial charge in [0, 0.05) is 17.5 Å². The topological polar surface area (TPSA) is 49.6 Å². The van der Waals surface area contributed by atoms with Crippen LogP contribution in [0.5, 0.6) is 0 Å². The van der Waals surface area contributed by atoms with Crippen LogP contribution in [-0.2, 0) is 11.2 Å². The summed E-state index contributed by atoms with van der Waals surface area (Å²) in [5.41, 5.74) is 3.43. The lowest BCUT2D eigenvalue weighted by atomic mass is 9.96. The van der Waals surface area contributed by atoms with E-state index in [2.05, 4.69) is 62.1 Å². The molecule has 6 heteroatoms. The number of hydrogen-bond donors (Lipinski definition) is 1. The van der Waals surface area contributed by atoms with Crippen molar-refractivity contribution in [2.45, 2.75) is 30.7 Å². The summed E-state index contributed by atoms with van der Waals surface area (Å²) in [6.07, 6.45) is 12.2. The van der Waals surface area contributed by atoms with Gasteiger partial charge in [-0.25, -0.2) is 4.98 Å². The van der Waals surface area contributed by atoms with Gasteiger partial charge in [0.05, 0.1) is 16.9 Å². The number of rotatable bonds is 8. The number of nitrogens with zero attached hydrogens (tertiary/aromatic N) is 3. The van der Waals surface area contributed by atoms with Gasteiger partial charge in [0.2, 0.25) is 5.91 Å². The Morgan fingerprint density at radius 2 is 1.97 bits per heavy atom. The molecule has 170 valence electrons. The molecular formula is C27H30N4OS. The van der Waals surface area contributed by atoms with E-state index in [1.54, 1.807) is 17.8 Å². The van der Waals surface area contributed by atoms with E-state index in [0.717, 1.165) is 66.7 Å². The summed E-state index contributed by atoms with van der Waals surface area (Å²) in [5, 5.41) is 4.23. The van der Waals surface area contributed by atoms with Gasteiger partial charge >= 0.3 is 0 Å². The highest BCUT2D eigenvalue weighted by Crippen LogP contribution is 2.34. The van der Waals surface area contributed by atoms with Crippen molar-refractivity contribution in [2.24, 2.45) is 5.92 Å². The van der Waals surface area contributed by atoms with Crippen LogP contribution in [0.1, 0.15) is 30.5 Å². The quantitative estimate of drug-likeness (QED) is 0.493. The number of benzene rings is 1. The lowest BCUT2D eigenvalue weighted by Crippen LogP contribution is -2.38. The average Bonchev–Trinajstić information content (AvgIpc) is 3.27. The third-order valence-electron chi connectivity index (χ3n) is 6.49. The molecule has 0 bridgehead atoms. The molecule has 1 fully saturated rings. The van der Waals surface area contributed by atoms with Crippen molar-refractivity contribution in [3.8, 4) is 0 Å². The van der Waals surface area contributed by atoms with Crippen molar-refractivity contribution in [1.82, 2.24) is 19.6 Å². The number of allylic oxidation sites excluding steroid dienone is 1. The smallest absolute Gasteiger partial charge is 0.244 e. The van der Waals surface area contributed by atoms with Gasteiger partial charge in [-0.1, -0.05) is 48.2 Å². The van der Waals surface area contributed by atoms with Crippen molar-refractivity contribution in [1.29, 1.82) is 0 Å². The van der Waals surface area contributed by atoms with Crippen molar-refractivity contribution in [2.75, 3.05) is 26.2 Å². The first-order valence-electron chi connectivity index (χ1n) is 11.8. The number of nitrogens with one attached hydrogen (secondary N) is 1. The van der Waals surface area contributed by atoms with Crippen LogP contribution in [0.25, 0.3) is 11.7 Å². The SMILES string of the molecule is O=C(/C=C\C1=Cc2cnc3cccc(n23)S1)NCC1CCN(CCCc2ccccc2)CC1. The number of carbonyl (C=O) groups excluding carboxylic acids is 1. The number of aryl methyl sites for hydroxylation is 1. The highest BCUT2D eigenvalue weighted by molar-refractivity contribution is 8.03. The number of thioether (sulfide) groups is 1. The molecule has 1 saturated heterocycles. The van der Waals surface area contributed by atoms with Crippen molar-refractivity contribution in [3.63, 3.8) is 0 Å². The van der Waals surface area contributed by atoms with E-state index in [1.807, 2.05) is 24.4 Å². The molecule has 5 rings (SSSR count). The Morgan fingerprint density at radius 3 is 2.82 bits per heavy atom. The van der Waals surface area contributed by atoms with Crippen molar-refractivity contribution in [3.05, 3.63) is 83.0 Å². The standard InChI is InChI=1S/C27H30N4OS/c32-26(12-11-24-18-23-20-28-25-9-4-10-27(33-24)31(23)25)29-19-22-13-16-30(17-14-22)15-5-8-21-6-2-1-3-7-21/h1-4,6-7,9-12,18,20,22H,5,8,13-17,19H2,(H,29,32)/b12-11-. The van der Waals surface area contributed by atoms with Gasteiger partial charge in [-0.15, -0.1) is 0 Å². The number of carbonyl (C=O) groups is 1. The molecule has 2 aliphatic heterocycles. The monoisotopic (exact) mass is 458 g/mol. The third-order valence-corrected chi connectivity index (χ3v) is 7.50. The predicted molar refractivity (Wildman–Crippen MR) is 135 cm³/mol. The van der Waals surface area contributed by atoms with Crippen LogP contribution in [0.3, 0.4) is 0 Å². The largest absolute Gasteiger partial charge is 0.352 e. The highest BCUT2D eigenvalue weighted by atomic mass is 32.2. The molecule has 2 aliphatic rings. The molecule has 0 aliphatic carbocycles. The van der Waals surface area contributed by atoms with E-state index in [9.17, 15) is 4.79 Å². The van der Waals surface area contributed by atoms with Crippen LogP contribution in [0.4, 0.5) is 0 Å². The van der Waals surface area contributed by atoms with Crippen LogP contribution < -0.4 is 5.32 Å². The summed E-state index contributed by atoms with van der Waals surface area (Å²) in [6.45, 7) is 4.19. The minimum absolute atomic E-state index is 0.0147. The van der Waals surface area contributed by atoms with E-state index in [4.69, 9.17) is 0 Å². The highest BCUT2D eigenvalue weighted by Gasteiger charge is 2.19. The fourth-order valence-corrected chi connectivity index (χ4v) is 5.61. The van der Waals surface area contributed by atoms with Crippen LogP contribution in [0.2, 0.25) is 0 Å². The van der Waals surface area contributed by atoms with Crippen LogP contribution in [-0.4, -0.2) is 46.4 Å². The molecule has 1 aromatic carbocycles. The van der Waals surface area contributed by atoms with Gasteiger partial charge in [0.25, 0.3) is 0 Å². The molecule has 0 spiro atoms. The molecule has 0 radical (unpaired) electrons. The Bertz CT molecular complexity index is 1160. The zero-order valence-electron chi connectivity index (χ0n) is 18.8. The minimum atomic E-state index is -0.0147. The molecule has 1 amide bonds. The second-order valence-corrected chi connectivity index (χ2v) is 9.94. The molecule has 5 nitrogen and oxygen atoms in total. The second-order valence-electron chi connectivity index (χ2n) is 8.84. The average molecular weight is 459 g/mol. The van der Waals surface area contributed by atoms with Crippen LogP contribution in [0, 0.1) is 5.92 Å². The van der Waals surface area contributed by atoms with Gasteiger partial charge in [-0.3, -0.25) is 9.20 Å². The molecule has 1 N–H and O–H groups in total. The summed E-state index contributed by atoms with van der Waals surface area (Å²) in [4.78, 5) is 20.4. The molecule has 2 aromatic heterocycles. The number of amides is 1. The molecule has 4 heterocycles. The van der Waals surface area contributed by atoms with Crippen LogP contribution >= 0.6 is 11.8 Å². The molecule has 0 atom stereocenters. The molecule has 0 saturated carbocycles. The summed E-state index contributed by atoms with van der Waals surface area (Å²) in [6, 6.07) is 16.8. The van der Waals surface area contributed by atoms with Crippen molar-refractivity contribution < 1.29 is 4.79 Å². The van der Waals surface area contributed by atoms with E-state index in [-0.39, 0.29) is 5.91 Å². The fraction of sp³-hybridized carbons (Fsp3) is 0.333. The number of likely N-dealkylation sites (tertiary alicyclic amines) is 1. The van der Waals surface area contributed by atoms with E-state index >= 15 is 0 Å². The first-order valence-corrected chi connectivity index (χ1v) is 12.6. The van der Waals surface area contributed by atoms with Gasteiger partial charge < -0.3 is 10.2 Å². The van der Waals surface area contributed by atoms with Crippen LogP contribution in [0.15, 0.2) is 76.8 Å². The maximum absolute atomic E-state index is 12.4. The van der Waals surface area contributed by atoms with Gasteiger partial charge in [-0.05, 0) is 81.1 Å². The van der Waals surface area contributed by atoms with Gasteiger partial charge in [0.15, 0.2) is 0 Å². The first-order chi connectivity index (χ1) is 16.2. The summed E-state index contributed by atoms with van der Waals surface area (Å²) in [5.74, 6) is 0.557. The number of aromatic nitrogens is 2. The Labute approximate surface area is 199 Å². The first kappa shape index (κ1) is 22.0. The van der Waals surface area contributed by atoms with E-state index < -0.39 is 0 Å². The summed E-state index contributed by atoms with van der Waals surface area (Å²) >= 11 is 1.66. The normalized spacial score (nSPS) is 16.9. The zero-order chi connectivity index (χ0) is 22.5. The minimum Gasteiger partial charge on any atom is -0.352 e. The maximum atomic E-state index is 12.4. The number of imidazole rings is 1. The van der Waals surface area contributed by atoms with Gasteiger partial charge in [-0.2, -0.15) is 0 Å². The molecule has 0 unspecified atom stereocenters. The Balaban J connectivity index is 1.03. The Morgan fingerprint density at radius 1 is 1.12 bits per heavy atom. The lowest BCUT2D eigenvalue weighted by molar-refractivity contribution is -0.116.